The van der Waals surface area contributed by atoms with Crippen molar-refractivity contribution in [3.8, 4) is 0 Å². The molecule has 0 rings (SSSR count). The summed E-state index contributed by atoms with van der Waals surface area (Å²) in [6, 6.07) is 0. The predicted molar refractivity (Wildman–Crippen MR) is 45.8 cm³/mol. The van der Waals surface area contributed by atoms with E-state index in [2.05, 4.69) is 0 Å². The highest BCUT2D eigenvalue weighted by atomic mass is 32.2. The first-order chi connectivity index (χ1) is 4.63. The maximum Gasteiger partial charge on any atom is 0.148 e. The highest BCUT2D eigenvalue weighted by Gasteiger charge is 2.21. The van der Waals surface area contributed by atoms with Crippen molar-refractivity contribution in [2.24, 2.45) is 0 Å². The van der Waals surface area contributed by atoms with Gasteiger partial charge in [0, 0.05) is 0 Å². The third-order valence-electron chi connectivity index (χ3n) is 2.05. The van der Waals surface area contributed by atoms with Crippen LogP contribution in [-0.4, -0.2) is 32.3 Å². The average Bonchev–Trinajstić information content (AvgIpc) is 1.92. The monoisotopic (exact) mass is 182 g/mol. The third-order valence-corrected chi connectivity index (χ3v) is 3.45. The fourth-order valence-electron chi connectivity index (χ4n) is 0.987. The van der Waals surface area contributed by atoms with Gasteiger partial charge in [-0.25, -0.2) is 8.10 Å². The Bertz CT molecular complexity index is 117. The van der Waals surface area contributed by atoms with Crippen molar-refractivity contribution in [2.75, 3.05) is 19.6 Å². The SMILES string of the molecule is CC[N+](CC)(CC)S(=O)[O-].N. The van der Waals surface area contributed by atoms with Crippen LogP contribution in [0.15, 0.2) is 0 Å². The van der Waals surface area contributed by atoms with Gasteiger partial charge in [0.25, 0.3) is 0 Å². The van der Waals surface area contributed by atoms with Crippen molar-refractivity contribution in [2.45, 2.75) is 20.8 Å². The Balaban J connectivity index is 0. The zero-order chi connectivity index (χ0) is 8.20. The lowest BCUT2D eigenvalue weighted by atomic mass is 10.5. The van der Waals surface area contributed by atoms with Crippen LogP contribution in [0.25, 0.3) is 0 Å². The van der Waals surface area contributed by atoms with Gasteiger partial charge in [0.1, 0.15) is 11.3 Å². The Labute approximate surface area is 71.2 Å². The summed E-state index contributed by atoms with van der Waals surface area (Å²) in [6.45, 7) is 7.64. The largest absolute Gasteiger partial charge is 0.724 e. The van der Waals surface area contributed by atoms with Crippen LogP contribution in [0.3, 0.4) is 0 Å². The molecule has 0 aliphatic rings. The Morgan fingerprint density at radius 3 is 1.45 bits per heavy atom. The van der Waals surface area contributed by atoms with E-state index in [1.165, 1.54) is 0 Å². The normalized spacial score (nSPS) is 13.8. The van der Waals surface area contributed by atoms with E-state index in [0.717, 1.165) is 0 Å². The minimum absolute atomic E-state index is 0. The molecule has 0 amide bonds. The molecule has 3 N–H and O–H groups in total. The first kappa shape index (κ1) is 13.6. The number of rotatable bonds is 4. The van der Waals surface area contributed by atoms with Crippen LogP contribution in [0.4, 0.5) is 0 Å². The van der Waals surface area contributed by atoms with Crippen molar-refractivity contribution >= 4 is 11.3 Å². The lowest BCUT2D eigenvalue weighted by Gasteiger charge is -2.35. The number of hydrogen-bond acceptors (Lipinski definition) is 3. The first-order valence-electron chi connectivity index (χ1n) is 3.59. The van der Waals surface area contributed by atoms with Crippen molar-refractivity contribution in [1.82, 2.24) is 6.15 Å². The molecule has 0 heterocycles. The van der Waals surface area contributed by atoms with E-state index in [9.17, 15) is 8.76 Å². The molecule has 0 spiro atoms. The topological polar surface area (TPSA) is 75.1 Å². The molecule has 0 aromatic heterocycles. The van der Waals surface area contributed by atoms with Gasteiger partial charge in [0.05, 0.1) is 19.6 Å². The minimum Gasteiger partial charge on any atom is -0.724 e. The summed E-state index contributed by atoms with van der Waals surface area (Å²) >= 11 is -1.97. The number of hydrogen-bond donors (Lipinski definition) is 1. The molecule has 4 nitrogen and oxygen atoms in total. The van der Waals surface area contributed by atoms with Crippen LogP contribution in [0.5, 0.6) is 0 Å². The molecule has 0 aromatic rings. The van der Waals surface area contributed by atoms with Crippen molar-refractivity contribution in [3.63, 3.8) is 0 Å². The summed E-state index contributed by atoms with van der Waals surface area (Å²) in [6.07, 6.45) is 0. The molecule has 0 saturated heterocycles. The Kier molecular flexibility index (Phi) is 6.99. The van der Waals surface area contributed by atoms with Crippen LogP contribution in [-0.2, 0) is 11.3 Å². The van der Waals surface area contributed by atoms with E-state index >= 15 is 0 Å². The lowest BCUT2D eigenvalue weighted by molar-refractivity contribution is -0.800. The standard InChI is InChI=1S/C6H15NO2S.H3N/c1-4-7(5-2,6-3)10(8)9;/h4-6H2,1-3H3;1H3. The molecule has 1 unspecified atom stereocenters. The maximum absolute atomic E-state index is 10.7. The second-order valence-corrected chi connectivity index (χ2v) is 3.43. The molecule has 0 bridgehead atoms. The van der Waals surface area contributed by atoms with E-state index < -0.39 is 11.3 Å². The van der Waals surface area contributed by atoms with Gasteiger partial charge in [-0.3, -0.25) is 0 Å². The van der Waals surface area contributed by atoms with Gasteiger partial charge < -0.3 is 10.7 Å². The van der Waals surface area contributed by atoms with E-state index in [0.29, 0.717) is 19.6 Å². The van der Waals surface area contributed by atoms with Gasteiger partial charge in [0.2, 0.25) is 0 Å². The molecule has 0 aliphatic heterocycles. The van der Waals surface area contributed by atoms with Gasteiger partial charge in [0.15, 0.2) is 0 Å². The second kappa shape index (κ2) is 5.65. The summed E-state index contributed by atoms with van der Waals surface area (Å²) in [4.78, 5) is 0. The van der Waals surface area contributed by atoms with Crippen molar-refractivity contribution in [3.05, 3.63) is 0 Å². The lowest BCUT2D eigenvalue weighted by Crippen LogP contribution is -2.48. The Morgan fingerprint density at radius 2 is 1.45 bits per heavy atom. The van der Waals surface area contributed by atoms with E-state index in [1.54, 1.807) is 0 Å². The van der Waals surface area contributed by atoms with Gasteiger partial charge in [-0.05, 0) is 20.8 Å². The fourth-order valence-corrected chi connectivity index (χ4v) is 1.62. The molecule has 0 fully saturated rings. The Morgan fingerprint density at radius 1 is 1.18 bits per heavy atom. The molecule has 70 valence electrons. The molecule has 0 radical (unpaired) electrons. The number of quaternary nitrogens is 1. The smallest absolute Gasteiger partial charge is 0.148 e. The fraction of sp³-hybridized carbons (Fsp3) is 1.00. The maximum atomic E-state index is 10.7. The average molecular weight is 182 g/mol. The van der Waals surface area contributed by atoms with E-state index in [1.807, 2.05) is 20.8 Å². The molecule has 1 atom stereocenters. The molecule has 0 aliphatic carbocycles. The third kappa shape index (κ3) is 2.86. The molecule has 5 heteroatoms. The second-order valence-electron chi connectivity index (χ2n) is 2.22. The quantitative estimate of drug-likeness (QED) is 0.516. The summed E-state index contributed by atoms with van der Waals surface area (Å²) in [5.41, 5.74) is 0. The minimum atomic E-state index is -1.97. The van der Waals surface area contributed by atoms with E-state index in [-0.39, 0.29) is 10.0 Å². The summed E-state index contributed by atoms with van der Waals surface area (Å²) < 4.78 is 21.6. The summed E-state index contributed by atoms with van der Waals surface area (Å²) in [5.74, 6) is 0. The predicted octanol–water partition coefficient (Wildman–Crippen LogP) is 0.819. The van der Waals surface area contributed by atoms with Crippen molar-refractivity contribution in [1.29, 1.82) is 0 Å². The molecule has 0 saturated carbocycles. The summed E-state index contributed by atoms with van der Waals surface area (Å²) in [7, 11) is 0. The van der Waals surface area contributed by atoms with Crippen LogP contribution >= 0.6 is 0 Å². The van der Waals surface area contributed by atoms with Crippen molar-refractivity contribution < 1.29 is 12.6 Å². The van der Waals surface area contributed by atoms with Crippen LogP contribution in [0.1, 0.15) is 20.8 Å². The molecule has 11 heavy (non-hydrogen) atoms. The highest BCUT2D eigenvalue weighted by Crippen LogP contribution is 2.07. The van der Waals surface area contributed by atoms with Crippen LogP contribution in [0, 0.1) is 0 Å². The molecular weight excluding hydrogens is 164 g/mol. The zero-order valence-corrected chi connectivity index (χ0v) is 8.32. The van der Waals surface area contributed by atoms with Gasteiger partial charge >= 0.3 is 0 Å². The molecule has 0 aromatic carbocycles. The zero-order valence-electron chi connectivity index (χ0n) is 7.50. The first-order valence-corrected chi connectivity index (χ1v) is 4.62. The summed E-state index contributed by atoms with van der Waals surface area (Å²) in [5, 5.41) is 0. The van der Waals surface area contributed by atoms with Gasteiger partial charge in [-0.2, -0.15) is 0 Å². The Hall–Kier alpha value is 0.0300. The van der Waals surface area contributed by atoms with Crippen LogP contribution in [0.2, 0.25) is 0 Å². The van der Waals surface area contributed by atoms with Crippen LogP contribution < -0.4 is 6.15 Å². The van der Waals surface area contributed by atoms with Gasteiger partial charge in [-0.15, -0.1) is 0 Å². The van der Waals surface area contributed by atoms with E-state index in [4.69, 9.17) is 0 Å². The highest BCUT2D eigenvalue weighted by molar-refractivity contribution is 7.73. The number of nitrogens with zero attached hydrogens (tertiary/aromatic N) is 1. The van der Waals surface area contributed by atoms with Gasteiger partial charge in [-0.1, -0.05) is 0 Å². The molecular formula is C6H18N2O2S.